The first-order chi connectivity index (χ1) is 14.1. The SMILES string of the molecule is CN(C)c1ccc(/C=C2/SC(N(c3ccccc3)c3ccccc3)=NC2=O)cc1. The molecule has 1 aliphatic heterocycles. The molecule has 0 spiro atoms. The summed E-state index contributed by atoms with van der Waals surface area (Å²) >= 11 is 1.40. The van der Waals surface area contributed by atoms with Gasteiger partial charge in [0.15, 0.2) is 5.17 Å². The lowest BCUT2D eigenvalue weighted by Crippen LogP contribution is -2.21. The fraction of sp³-hybridized carbons (Fsp3) is 0.0833. The second-order valence-electron chi connectivity index (χ2n) is 6.80. The standard InChI is InChI=1S/C24H21N3OS/c1-26(2)19-15-13-18(14-16-19)17-22-23(28)25-24(29-22)27(20-9-5-3-6-10-20)21-11-7-4-8-12-21/h3-17H,1-2H3/b22-17+. The maximum absolute atomic E-state index is 12.6. The molecule has 4 rings (SSSR count). The monoisotopic (exact) mass is 399 g/mol. The Hall–Kier alpha value is -3.31. The maximum atomic E-state index is 12.6. The molecule has 0 atom stereocenters. The van der Waals surface area contributed by atoms with Crippen LogP contribution in [0.1, 0.15) is 5.56 Å². The predicted octanol–water partition coefficient (Wildman–Crippen LogP) is 5.56. The Balaban J connectivity index is 1.64. The zero-order chi connectivity index (χ0) is 20.2. The number of carbonyl (C=O) groups excluding carboxylic acids is 1. The fourth-order valence-corrected chi connectivity index (χ4v) is 3.99. The van der Waals surface area contributed by atoms with Crippen molar-refractivity contribution >= 4 is 46.0 Å². The molecule has 1 amide bonds. The smallest absolute Gasteiger partial charge is 0.286 e. The second kappa shape index (κ2) is 8.37. The number of carbonyl (C=O) groups is 1. The molecule has 0 bridgehead atoms. The molecule has 0 saturated heterocycles. The average molecular weight is 400 g/mol. The summed E-state index contributed by atoms with van der Waals surface area (Å²) in [6, 6.07) is 28.1. The van der Waals surface area contributed by atoms with Crippen molar-refractivity contribution in [3.05, 3.63) is 95.4 Å². The van der Waals surface area contributed by atoms with E-state index in [9.17, 15) is 4.79 Å². The van der Waals surface area contributed by atoms with Crippen LogP contribution in [0.15, 0.2) is 94.8 Å². The zero-order valence-electron chi connectivity index (χ0n) is 16.3. The van der Waals surface area contributed by atoms with Crippen LogP contribution in [0.25, 0.3) is 6.08 Å². The minimum atomic E-state index is -0.210. The molecule has 4 nitrogen and oxygen atoms in total. The lowest BCUT2D eigenvalue weighted by atomic mass is 10.2. The lowest BCUT2D eigenvalue weighted by Gasteiger charge is -2.23. The summed E-state index contributed by atoms with van der Waals surface area (Å²) in [6.07, 6.45) is 1.90. The molecule has 29 heavy (non-hydrogen) atoms. The van der Waals surface area contributed by atoms with Crippen molar-refractivity contribution in [2.75, 3.05) is 23.9 Å². The molecular weight excluding hydrogens is 378 g/mol. The van der Waals surface area contributed by atoms with Crippen LogP contribution in [0.3, 0.4) is 0 Å². The van der Waals surface area contributed by atoms with E-state index in [-0.39, 0.29) is 5.91 Å². The summed E-state index contributed by atoms with van der Waals surface area (Å²) in [4.78, 5) is 21.7. The van der Waals surface area contributed by atoms with Crippen molar-refractivity contribution in [3.8, 4) is 0 Å². The van der Waals surface area contributed by atoms with Crippen LogP contribution in [0.2, 0.25) is 0 Å². The number of hydrogen-bond acceptors (Lipinski definition) is 4. The third kappa shape index (κ3) is 4.25. The predicted molar refractivity (Wildman–Crippen MR) is 124 cm³/mol. The Morgan fingerprint density at radius 2 is 1.31 bits per heavy atom. The van der Waals surface area contributed by atoms with E-state index in [2.05, 4.69) is 4.99 Å². The third-order valence-corrected chi connectivity index (χ3v) is 5.51. The molecule has 0 N–H and O–H groups in total. The molecule has 144 valence electrons. The van der Waals surface area contributed by atoms with Gasteiger partial charge in [-0.25, -0.2) is 0 Å². The summed E-state index contributed by atoms with van der Waals surface area (Å²) in [5.41, 5.74) is 4.03. The summed E-state index contributed by atoms with van der Waals surface area (Å²) < 4.78 is 0. The van der Waals surface area contributed by atoms with E-state index < -0.39 is 0 Å². The first-order valence-electron chi connectivity index (χ1n) is 9.32. The van der Waals surface area contributed by atoms with Crippen molar-refractivity contribution in [2.24, 2.45) is 4.99 Å². The number of rotatable bonds is 4. The van der Waals surface area contributed by atoms with Gasteiger partial charge in [0.1, 0.15) is 0 Å². The number of amidine groups is 1. The van der Waals surface area contributed by atoms with E-state index in [0.717, 1.165) is 22.6 Å². The molecule has 1 aliphatic rings. The highest BCUT2D eigenvalue weighted by atomic mass is 32.2. The molecule has 3 aromatic carbocycles. The van der Waals surface area contributed by atoms with Gasteiger partial charge in [-0.1, -0.05) is 48.5 Å². The van der Waals surface area contributed by atoms with Crippen molar-refractivity contribution < 1.29 is 4.79 Å². The van der Waals surface area contributed by atoms with Crippen LogP contribution < -0.4 is 9.80 Å². The number of benzene rings is 3. The number of anilines is 3. The van der Waals surface area contributed by atoms with Crippen molar-refractivity contribution in [1.29, 1.82) is 0 Å². The number of nitrogens with zero attached hydrogens (tertiary/aromatic N) is 3. The van der Waals surface area contributed by atoms with Crippen LogP contribution in [0.4, 0.5) is 17.1 Å². The first kappa shape index (κ1) is 19.0. The Morgan fingerprint density at radius 3 is 1.83 bits per heavy atom. The minimum absolute atomic E-state index is 0.210. The average Bonchev–Trinajstić information content (AvgIpc) is 3.10. The van der Waals surface area contributed by atoms with Gasteiger partial charge in [-0.2, -0.15) is 4.99 Å². The van der Waals surface area contributed by atoms with Gasteiger partial charge in [0.05, 0.1) is 4.91 Å². The molecule has 3 aromatic rings. The minimum Gasteiger partial charge on any atom is -0.378 e. The zero-order valence-corrected chi connectivity index (χ0v) is 17.1. The lowest BCUT2D eigenvalue weighted by molar-refractivity contribution is -0.113. The Morgan fingerprint density at radius 1 is 0.759 bits per heavy atom. The summed E-state index contributed by atoms with van der Waals surface area (Å²) in [5.74, 6) is -0.210. The normalized spacial score (nSPS) is 14.8. The van der Waals surface area contributed by atoms with E-state index in [1.165, 1.54) is 11.8 Å². The number of thioether (sulfide) groups is 1. The van der Waals surface area contributed by atoms with Crippen LogP contribution >= 0.6 is 11.8 Å². The molecule has 0 saturated carbocycles. The summed E-state index contributed by atoms with van der Waals surface area (Å²) in [5, 5.41) is 0.656. The number of aliphatic imine (C=N–C) groups is 1. The number of hydrogen-bond donors (Lipinski definition) is 0. The van der Waals surface area contributed by atoms with Gasteiger partial charge < -0.3 is 4.90 Å². The molecular formula is C24H21N3OS. The van der Waals surface area contributed by atoms with Crippen LogP contribution in [0, 0.1) is 0 Å². The molecule has 0 unspecified atom stereocenters. The molecule has 0 fully saturated rings. The first-order valence-corrected chi connectivity index (χ1v) is 10.1. The van der Waals surface area contributed by atoms with Gasteiger partial charge in [0.25, 0.3) is 5.91 Å². The third-order valence-electron chi connectivity index (χ3n) is 4.54. The van der Waals surface area contributed by atoms with Gasteiger partial charge in [-0.05, 0) is 59.8 Å². The Labute approximate surface area is 175 Å². The molecule has 0 radical (unpaired) electrons. The summed E-state index contributed by atoms with van der Waals surface area (Å²) in [6.45, 7) is 0. The highest BCUT2D eigenvalue weighted by Gasteiger charge is 2.28. The molecule has 0 aliphatic carbocycles. The van der Waals surface area contributed by atoms with Gasteiger partial charge in [0, 0.05) is 31.2 Å². The highest BCUT2D eigenvalue weighted by molar-refractivity contribution is 8.18. The van der Waals surface area contributed by atoms with Gasteiger partial charge >= 0.3 is 0 Å². The maximum Gasteiger partial charge on any atom is 0.286 e. The quantitative estimate of drug-likeness (QED) is 0.538. The summed E-state index contributed by atoms with van der Waals surface area (Å²) in [7, 11) is 4.01. The van der Waals surface area contributed by atoms with E-state index in [0.29, 0.717) is 10.1 Å². The molecule has 1 heterocycles. The van der Waals surface area contributed by atoms with E-state index in [1.54, 1.807) is 0 Å². The second-order valence-corrected chi connectivity index (χ2v) is 7.81. The highest BCUT2D eigenvalue weighted by Crippen LogP contribution is 2.36. The van der Waals surface area contributed by atoms with E-state index in [1.807, 2.05) is 115 Å². The van der Waals surface area contributed by atoms with E-state index >= 15 is 0 Å². The number of para-hydroxylation sites is 2. The van der Waals surface area contributed by atoms with Gasteiger partial charge in [-0.3, -0.25) is 9.69 Å². The fourth-order valence-electron chi connectivity index (χ4n) is 3.04. The number of amides is 1. The Kier molecular flexibility index (Phi) is 5.49. The van der Waals surface area contributed by atoms with Gasteiger partial charge in [-0.15, -0.1) is 0 Å². The van der Waals surface area contributed by atoms with Crippen molar-refractivity contribution in [1.82, 2.24) is 0 Å². The molecule has 0 aromatic heterocycles. The Bertz CT molecular complexity index is 1020. The van der Waals surface area contributed by atoms with Crippen LogP contribution in [-0.4, -0.2) is 25.2 Å². The largest absolute Gasteiger partial charge is 0.378 e. The van der Waals surface area contributed by atoms with Crippen molar-refractivity contribution in [3.63, 3.8) is 0 Å². The van der Waals surface area contributed by atoms with Gasteiger partial charge in [0.2, 0.25) is 0 Å². The topological polar surface area (TPSA) is 35.9 Å². The van der Waals surface area contributed by atoms with Crippen LogP contribution in [-0.2, 0) is 4.79 Å². The van der Waals surface area contributed by atoms with Crippen molar-refractivity contribution in [2.45, 2.75) is 0 Å². The molecule has 5 heteroatoms. The van der Waals surface area contributed by atoms with Crippen LogP contribution in [0.5, 0.6) is 0 Å². The van der Waals surface area contributed by atoms with E-state index in [4.69, 9.17) is 0 Å².